The molecule has 2 amide bonds. The predicted molar refractivity (Wildman–Crippen MR) is 110 cm³/mol. The average Bonchev–Trinajstić information content (AvgIpc) is 2.70. The summed E-state index contributed by atoms with van der Waals surface area (Å²) in [5, 5.41) is 6.19. The van der Waals surface area contributed by atoms with E-state index in [9.17, 15) is 22.8 Å². The largest absolute Gasteiger partial charge is 0.448 e. The number of benzene rings is 1. The van der Waals surface area contributed by atoms with Gasteiger partial charge in [0.25, 0.3) is 5.91 Å². The van der Waals surface area contributed by atoms with Gasteiger partial charge in [-0.05, 0) is 31.5 Å². The lowest BCUT2D eigenvalue weighted by molar-refractivity contribution is -0.146. The van der Waals surface area contributed by atoms with Gasteiger partial charge in [0.1, 0.15) is 5.71 Å². The Kier molecular flexibility index (Phi) is 7.68. The normalized spacial score (nSPS) is 15.2. The van der Waals surface area contributed by atoms with Gasteiger partial charge in [-0.1, -0.05) is 19.9 Å². The molecular formula is C19H26N4O6S. The number of aryl methyl sites for hydroxylation is 1. The Morgan fingerprint density at radius 1 is 1.27 bits per heavy atom. The summed E-state index contributed by atoms with van der Waals surface area (Å²) in [6.07, 6.45) is -0.910. The highest BCUT2D eigenvalue weighted by Gasteiger charge is 2.26. The number of amides is 2. The van der Waals surface area contributed by atoms with E-state index in [0.717, 1.165) is 0 Å². The van der Waals surface area contributed by atoms with E-state index >= 15 is 0 Å². The summed E-state index contributed by atoms with van der Waals surface area (Å²) < 4.78 is 32.1. The molecule has 1 aliphatic heterocycles. The molecule has 0 saturated carbocycles. The van der Waals surface area contributed by atoms with Crippen molar-refractivity contribution < 1.29 is 27.5 Å². The number of carbonyl (C=O) groups is 3. The Bertz CT molecular complexity index is 969. The Morgan fingerprint density at radius 3 is 2.50 bits per heavy atom. The topological polar surface area (TPSA) is 134 Å². The lowest BCUT2D eigenvalue weighted by atomic mass is 10.2. The molecule has 0 fully saturated rings. The molecule has 1 aromatic rings. The number of sulfonamides is 1. The lowest BCUT2D eigenvalue weighted by Gasteiger charge is -2.20. The van der Waals surface area contributed by atoms with Crippen molar-refractivity contribution in [2.75, 3.05) is 18.4 Å². The van der Waals surface area contributed by atoms with E-state index in [0.29, 0.717) is 18.7 Å². The van der Waals surface area contributed by atoms with Crippen LogP contribution in [-0.2, 0) is 29.1 Å². The van der Waals surface area contributed by atoms with Crippen LogP contribution in [0.5, 0.6) is 0 Å². The molecule has 0 aliphatic carbocycles. The van der Waals surface area contributed by atoms with Crippen LogP contribution in [0.2, 0.25) is 0 Å². The minimum Gasteiger partial charge on any atom is -0.448 e. The zero-order chi connectivity index (χ0) is 22.5. The highest BCUT2D eigenvalue weighted by molar-refractivity contribution is 7.89. The Hall–Kier alpha value is -2.79. The van der Waals surface area contributed by atoms with Crippen molar-refractivity contribution in [2.45, 2.75) is 51.5 Å². The van der Waals surface area contributed by atoms with Crippen molar-refractivity contribution >= 4 is 39.2 Å². The number of rotatable bonds is 8. The predicted octanol–water partition coefficient (Wildman–Crippen LogP) is 1.16. The van der Waals surface area contributed by atoms with E-state index in [1.807, 2.05) is 0 Å². The summed E-state index contributed by atoms with van der Waals surface area (Å²) in [6, 6.07) is 4.56. The first-order valence-corrected chi connectivity index (χ1v) is 11.0. The molecule has 10 nitrogen and oxygen atoms in total. The molecule has 0 spiro atoms. The van der Waals surface area contributed by atoms with E-state index in [4.69, 9.17) is 4.74 Å². The number of carbonyl (C=O) groups excluding carboxylic acids is 3. The molecule has 0 radical (unpaired) electrons. The van der Waals surface area contributed by atoms with Crippen LogP contribution < -0.4 is 10.7 Å². The van der Waals surface area contributed by atoms with Crippen molar-refractivity contribution in [1.29, 1.82) is 0 Å². The van der Waals surface area contributed by atoms with Gasteiger partial charge < -0.3 is 10.1 Å². The van der Waals surface area contributed by atoms with Gasteiger partial charge in [-0.25, -0.2) is 18.6 Å². The molecule has 11 heteroatoms. The van der Waals surface area contributed by atoms with Gasteiger partial charge in [-0.3, -0.25) is 9.59 Å². The fourth-order valence-corrected chi connectivity index (χ4v) is 4.51. The number of hydrazone groups is 1. The van der Waals surface area contributed by atoms with Crippen molar-refractivity contribution in [3.05, 3.63) is 23.8 Å². The molecule has 1 heterocycles. The molecule has 30 heavy (non-hydrogen) atoms. The number of ether oxygens (including phenoxy) is 1. The van der Waals surface area contributed by atoms with Gasteiger partial charge in [-0.2, -0.15) is 9.41 Å². The van der Waals surface area contributed by atoms with Crippen LogP contribution in [-0.4, -0.2) is 55.4 Å². The first-order chi connectivity index (χ1) is 14.1. The Morgan fingerprint density at radius 2 is 1.93 bits per heavy atom. The van der Waals surface area contributed by atoms with E-state index < -0.39 is 28.0 Å². The summed E-state index contributed by atoms with van der Waals surface area (Å²) in [6.45, 7) is 7.21. The first kappa shape index (κ1) is 23.5. The standard InChI is InChI=1S/C19H26N4O6S/c1-5-23(6-2)30(27,28)16-11-14(8-7-12(16)3)20-18(25)13(4)29-19(26)15-9-10-17(24)22-21-15/h7-8,11,13H,5-6,9-10H2,1-4H3,(H,20,25)(H,22,24). The number of esters is 1. The van der Waals surface area contributed by atoms with Crippen molar-refractivity contribution in [3.63, 3.8) is 0 Å². The van der Waals surface area contributed by atoms with Crippen molar-refractivity contribution in [2.24, 2.45) is 5.10 Å². The lowest BCUT2D eigenvalue weighted by Crippen LogP contribution is -2.35. The fraction of sp³-hybridized carbons (Fsp3) is 0.474. The number of nitrogens with zero attached hydrogens (tertiary/aromatic N) is 2. The average molecular weight is 439 g/mol. The minimum atomic E-state index is -3.70. The monoisotopic (exact) mass is 438 g/mol. The zero-order valence-corrected chi connectivity index (χ0v) is 18.2. The van der Waals surface area contributed by atoms with Gasteiger partial charge in [0.15, 0.2) is 6.10 Å². The molecule has 1 aromatic carbocycles. The van der Waals surface area contributed by atoms with Gasteiger partial charge >= 0.3 is 5.97 Å². The van der Waals surface area contributed by atoms with Gasteiger partial charge in [0, 0.05) is 31.6 Å². The maximum Gasteiger partial charge on any atom is 0.355 e. The number of nitrogens with one attached hydrogen (secondary N) is 2. The summed E-state index contributed by atoms with van der Waals surface area (Å²) in [4.78, 5) is 35.7. The third kappa shape index (κ3) is 5.42. The van der Waals surface area contributed by atoms with Gasteiger partial charge in [0.2, 0.25) is 15.9 Å². The smallest absolute Gasteiger partial charge is 0.355 e. The maximum absolute atomic E-state index is 12.8. The second kappa shape index (κ2) is 9.81. The molecule has 1 atom stereocenters. The van der Waals surface area contributed by atoms with Crippen LogP contribution >= 0.6 is 0 Å². The molecule has 1 aliphatic rings. The summed E-state index contributed by atoms with van der Waals surface area (Å²) in [7, 11) is -3.70. The number of hydrogen-bond donors (Lipinski definition) is 2. The number of hydrogen-bond acceptors (Lipinski definition) is 7. The van der Waals surface area contributed by atoms with Crippen LogP contribution in [0.15, 0.2) is 28.2 Å². The van der Waals surface area contributed by atoms with Crippen LogP contribution in [0.1, 0.15) is 39.2 Å². The molecule has 164 valence electrons. The fourth-order valence-electron chi connectivity index (χ4n) is 2.81. The van der Waals surface area contributed by atoms with Gasteiger partial charge in [0.05, 0.1) is 4.90 Å². The SMILES string of the molecule is CCN(CC)S(=O)(=O)c1cc(NC(=O)C(C)OC(=O)C2=NNC(=O)CC2)ccc1C. The van der Waals surface area contributed by atoms with E-state index in [1.54, 1.807) is 32.9 Å². The third-order valence-electron chi connectivity index (χ3n) is 4.57. The molecule has 2 rings (SSSR count). The van der Waals surface area contributed by atoms with E-state index in [-0.39, 0.29) is 35.0 Å². The summed E-state index contributed by atoms with van der Waals surface area (Å²) in [5.41, 5.74) is 3.03. The Balaban J connectivity index is 2.11. The van der Waals surface area contributed by atoms with Crippen LogP contribution in [0.4, 0.5) is 5.69 Å². The summed E-state index contributed by atoms with van der Waals surface area (Å²) in [5.74, 6) is -1.72. The molecule has 0 aromatic heterocycles. The van der Waals surface area contributed by atoms with E-state index in [2.05, 4.69) is 15.8 Å². The zero-order valence-electron chi connectivity index (χ0n) is 17.4. The van der Waals surface area contributed by atoms with Gasteiger partial charge in [-0.15, -0.1) is 0 Å². The van der Waals surface area contributed by atoms with Crippen LogP contribution in [0, 0.1) is 6.92 Å². The third-order valence-corrected chi connectivity index (χ3v) is 6.76. The maximum atomic E-state index is 12.8. The highest BCUT2D eigenvalue weighted by atomic mass is 32.2. The first-order valence-electron chi connectivity index (χ1n) is 9.58. The van der Waals surface area contributed by atoms with Crippen LogP contribution in [0.3, 0.4) is 0 Å². The van der Waals surface area contributed by atoms with E-state index in [1.165, 1.54) is 17.3 Å². The molecule has 0 saturated heterocycles. The van der Waals surface area contributed by atoms with Crippen molar-refractivity contribution in [1.82, 2.24) is 9.73 Å². The molecule has 1 unspecified atom stereocenters. The molecule has 0 bridgehead atoms. The molecule has 2 N–H and O–H groups in total. The number of anilines is 1. The molecular weight excluding hydrogens is 412 g/mol. The quantitative estimate of drug-likeness (QED) is 0.585. The van der Waals surface area contributed by atoms with Crippen molar-refractivity contribution in [3.8, 4) is 0 Å². The second-order valence-corrected chi connectivity index (χ2v) is 8.61. The highest BCUT2D eigenvalue weighted by Crippen LogP contribution is 2.24. The Labute approximate surface area is 175 Å². The second-order valence-electron chi connectivity index (χ2n) is 6.70. The minimum absolute atomic E-state index is 0.0252. The summed E-state index contributed by atoms with van der Waals surface area (Å²) >= 11 is 0. The van der Waals surface area contributed by atoms with Crippen LogP contribution in [0.25, 0.3) is 0 Å².